The Kier molecular flexibility index (Phi) is 2.32. The zero-order valence-corrected chi connectivity index (χ0v) is 6.65. The molecule has 0 aromatic carbocycles. The van der Waals surface area contributed by atoms with Crippen LogP contribution in [-0.2, 0) is 11.2 Å². The topological polar surface area (TPSA) is 89.4 Å². The van der Waals surface area contributed by atoms with Crippen molar-refractivity contribution >= 4 is 11.9 Å². The minimum atomic E-state index is -0.850. The maximum Gasteiger partial charge on any atom is 0.306 e. The Labute approximate surface area is 69.2 Å². The smallest absolute Gasteiger partial charge is 0.306 e. The highest BCUT2D eigenvalue weighted by Crippen LogP contribution is 2.10. The highest BCUT2D eigenvalue weighted by atomic mass is 16.5. The predicted molar refractivity (Wildman–Crippen MR) is 41.4 cm³/mol. The van der Waals surface area contributed by atoms with E-state index in [4.69, 9.17) is 10.8 Å². The summed E-state index contributed by atoms with van der Waals surface area (Å²) in [5, 5.41) is 12.1. The van der Waals surface area contributed by atoms with Crippen LogP contribution in [0.25, 0.3) is 0 Å². The second kappa shape index (κ2) is 3.25. The third-order valence-electron chi connectivity index (χ3n) is 1.51. The third-order valence-corrected chi connectivity index (χ3v) is 1.51. The van der Waals surface area contributed by atoms with Crippen LogP contribution >= 0.6 is 0 Å². The number of carboxylic acid groups (broad SMARTS) is 1. The first-order valence-electron chi connectivity index (χ1n) is 3.53. The highest BCUT2D eigenvalue weighted by Gasteiger charge is 2.13. The number of nitrogens with two attached hydrogens (primary N) is 1. The van der Waals surface area contributed by atoms with E-state index in [0.29, 0.717) is 12.1 Å². The van der Waals surface area contributed by atoms with Crippen molar-refractivity contribution in [2.24, 2.45) is 5.92 Å². The van der Waals surface area contributed by atoms with Gasteiger partial charge in [0, 0.05) is 12.5 Å². The van der Waals surface area contributed by atoms with Crippen LogP contribution in [0.5, 0.6) is 0 Å². The fourth-order valence-electron chi connectivity index (χ4n) is 0.825. The summed E-state index contributed by atoms with van der Waals surface area (Å²) in [6.07, 6.45) is 0.343. The molecule has 1 atom stereocenters. The number of nitrogen functional groups attached to an aromatic ring is 1. The molecular formula is C7H10N2O3. The van der Waals surface area contributed by atoms with Crippen LogP contribution in [0.15, 0.2) is 10.6 Å². The van der Waals surface area contributed by atoms with Gasteiger partial charge >= 0.3 is 5.97 Å². The predicted octanol–water partition coefficient (Wildman–Crippen LogP) is 0.520. The molecular weight excluding hydrogens is 160 g/mol. The molecule has 0 aliphatic carbocycles. The van der Waals surface area contributed by atoms with Crippen LogP contribution in [0.2, 0.25) is 0 Å². The summed E-state index contributed by atoms with van der Waals surface area (Å²) in [6, 6.07) is 1.53. The number of carboxylic acids is 1. The van der Waals surface area contributed by atoms with E-state index in [9.17, 15) is 4.79 Å². The molecule has 0 fully saturated rings. The van der Waals surface area contributed by atoms with Crippen molar-refractivity contribution in [2.75, 3.05) is 5.73 Å². The first kappa shape index (κ1) is 8.58. The Balaban J connectivity index is 2.58. The molecule has 1 aromatic rings. The van der Waals surface area contributed by atoms with Gasteiger partial charge in [0.25, 0.3) is 0 Å². The Hall–Kier alpha value is -1.52. The minimum absolute atomic E-state index is 0.211. The zero-order chi connectivity index (χ0) is 9.14. The lowest BCUT2D eigenvalue weighted by molar-refractivity contribution is -0.141. The Bertz CT molecular complexity index is 282. The molecule has 0 saturated heterocycles. The molecule has 66 valence electrons. The van der Waals surface area contributed by atoms with Crippen molar-refractivity contribution in [1.82, 2.24) is 5.16 Å². The summed E-state index contributed by atoms with van der Waals surface area (Å²) in [5.41, 5.74) is 5.83. The van der Waals surface area contributed by atoms with Crippen LogP contribution < -0.4 is 5.73 Å². The lowest BCUT2D eigenvalue weighted by Gasteiger charge is -2.00. The van der Waals surface area contributed by atoms with Crippen LogP contribution in [0, 0.1) is 5.92 Å². The molecule has 12 heavy (non-hydrogen) atoms. The van der Waals surface area contributed by atoms with Gasteiger partial charge in [-0.3, -0.25) is 4.79 Å². The second-order valence-corrected chi connectivity index (χ2v) is 2.66. The molecule has 1 heterocycles. The van der Waals surface area contributed by atoms with Crippen molar-refractivity contribution in [3.05, 3.63) is 11.8 Å². The molecule has 1 unspecified atom stereocenters. The number of hydrogen-bond acceptors (Lipinski definition) is 4. The van der Waals surface area contributed by atoms with Gasteiger partial charge in [-0.05, 0) is 0 Å². The molecule has 0 aliphatic rings. The molecule has 3 N–H and O–H groups in total. The van der Waals surface area contributed by atoms with E-state index in [-0.39, 0.29) is 5.88 Å². The lowest BCUT2D eigenvalue weighted by atomic mass is 10.1. The summed E-state index contributed by atoms with van der Waals surface area (Å²) in [7, 11) is 0. The van der Waals surface area contributed by atoms with E-state index in [1.807, 2.05) is 0 Å². The van der Waals surface area contributed by atoms with Crippen molar-refractivity contribution in [3.8, 4) is 0 Å². The van der Waals surface area contributed by atoms with Gasteiger partial charge in [-0.25, -0.2) is 0 Å². The molecule has 0 aliphatic heterocycles. The van der Waals surface area contributed by atoms with Crippen molar-refractivity contribution in [3.63, 3.8) is 0 Å². The van der Waals surface area contributed by atoms with Crippen LogP contribution in [0.3, 0.4) is 0 Å². The SMILES string of the molecule is CC(Cc1cc(N)on1)C(=O)O. The summed E-state index contributed by atoms with van der Waals surface area (Å²) < 4.78 is 4.58. The van der Waals surface area contributed by atoms with E-state index >= 15 is 0 Å². The number of anilines is 1. The van der Waals surface area contributed by atoms with Crippen LogP contribution in [0.4, 0.5) is 5.88 Å². The molecule has 0 bridgehead atoms. The number of hydrogen-bond donors (Lipinski definition) is 2. The van der Waals surface area contributed by atoms with E-state index in [0.717, 1.165) is 0 Å². The average molecular weight is 170 g/mol. The molecule has 5 heteroatoms. The molecule has 0 spiro atoms. The van der Waals surface area contributed by atoms with Gasteiger partial charge in [-0.1, -0.05) is 12.1 Å². The number of aromatic nitrogens is 1. The average Bonchev–Trinajstić information content (AvgIpc) is 2.35. The maximum atomic E-state index is 10.4. The van der Waals surface area contributed by atoms with Gasteiger partial charge in [0.1, 0.15) is 0 Å². The summed E-state index contributed by atoms with van der Waals surface area (Å²) >= 11 is 0. The highest BCUT2D eigenvalue weighted by molar-refractivity contribution is 5.69. The van der Waals surface area contributed by atoms with Crippen molar-refractivity contribution in [1.29, 1.82) is 0 Å². The number of rotatable bonds is 3. The van der Waals surface area contributed by atoms with E-state index < -0.39 is 11.9 Å². The molecule has 5 nitrogen and oxygen atoms in total. The van der Waals surface area contributed by atoms with Gasteiger partial charge in [-0.2, -0.15) is 0 Å². The standard InChI is InChI=1S/C7H10N2O3/c1-4(7(10)11)2-5-3-6(8)12-9-5/h3-4H,2,8H2,1H3,(H,10,11). The van der Waals surface area contributed by atoms with Crippen LogP contribution in [0.1, 0.15) is 12.6 Å². The fourth-order valence-corrected chi connectivity index (χ4v) is 0.825. The fraction of sp³-hybridized carbons (Fsp3) is 0.429. The largest absolute Gasteiger partial charge is 0.481 e. The Morgan fingerprint density at radius 3 is 3.00 bits per heavy atom. The minimum Gasteiger partial charge on any atom is -0.481 e. The number of aliphatic carboxylic acids is 1. The number of nitrogens with zero attached hydrogens (tertiary/aromatic N) is 1. The van der Waals surface area contributed by atoms with Gasteiger partial charge in [0.2, 0.25) is 5.88 Å². The monoisotopic (exact) mass is 170 g/mol. The summed E-state index contributed by atoms with van der Waals surface area (Å²) in [5.74, 6) is -1.10. The van der Waals surface area contributed by atoms with E-state index in [2.05, 4.69) is 9.68 Å². The molecule has 0 radical (unpaired) electrons. The van der Waals surface area contributed by atoms with Crippen molar-refractivity contribution in [2.45, 2.75) is 13.3 Å². The maximum absolute atomic E-state index is 10.4. The molecule has 0 amide bonds. The molecule has 0 saturated carbocycles. The normalized spacial score (nSPS) is 12.8. The lowest BCUT2D eigenvalue weighted by Crippen LogP contribution is -2.12. The van der Waals surface area contributed by atoms with Crippen molar-refractivity contribution < 1.29 is 14.4 Å². The van der Waals surface area contributed by atoms with Gasteiger partial charge in [0.15, 0.2) is 0 Å². The van der Waals surface area contributed by atoms with E-state index in [1.54, 1.807) is 6.92 Å². The van der Waals surface area contributed by atoms with Gasteiger partial charge in [-0.15, -0.1) is 0 Å². The Morgan fingerprint density at radius 2 is 2.58 bits per heavy atom. The van der Waals surface area contributed by atoms with Gasteiger partial charge in [0.05, 0.1) is 11.6 Å². The first-order valence-corrected chi connectivity index (χ1v) is 3.53. The third kappa shape index (κ3) is 1.98. The molecule has 1 rings (SSSR count). The first-order chi connectivity index (χ1) is 5.59. The summed E-state index contributed by atoms with van der Waals surface area (Å²) in [4.78, 5) is 10.4. The molecule has 1 aromatic heterocycles. The van der Waals surface area contributed by atoms with Crippen LogP contribution in [-0.4, -0.2) is 16.2 Å². The van der Waals surface area contributed by atoms with Gasteiger partial charge < -0.3 is 15.4 Å². The number of carbonyl (C=O) groups is 1. The Morgan fingerprint density at radius 1 is 1.92 bits per heavy atom. The second-order valence-electron chi connectivity index (χ2n) is 2.66. The van der Waals surface area contributed by atoms with E-state index in [1.165, 1.54) is 6.07 Å². The summed E-state index contributed by atoms with van der Waals surface area (Å²) in [6.45, 7) is 1.60. The quantitative estimate of drug-likeness (QED) is 0.690. The zero-order valence-electron chi connectivity index (χ0n) is 6.65.